The maximum absolute atomic E-state index is 12.4. The van der Waals surface area contributed by atoms with Crippen LogP contribution in [0.25, 0.3) is 0 Å². The molecule has 5 heteroatoms. The van der Waals surface area contributed by atoms with Crippen molar-refractivity contribution in [1.29, 1.82) is 0 Å². The second-order valence-corrected chi connectivity index (χ2v) is 4.83. The van der Waals surface area contributed by atoms with Gasteiger partial charge >= 0.3 is 6.61 Å². The van der Waals surface area contributed by atoms with Crippen molar-refractivity contribution in [3.05, 3.63) is 59.2 Å². The van der Waals surface area contributed by atoms with Crippen LogP contribution in [-0.4, -0.2) is 12.4 Å². The molecule has 0 aliphatic rings. The Morgan fingerprint density at radius 1 is 1.14 bits per heavy atom. The number of carbonyl (C=O) groups is 1. The number of halogens is 2. The molecule has 0 atom stereocenters. The standard InChI is InChI=1S/C17H16F2O3/c1-11-7-8-14(12(2)20)16(9-11)21-10-13-5-3-4-6-15(13)22-17(18)19/h3-9,17H,10H2,1-2H3. The van der Waals surface area contributed by atoms with Crippen LogP contribution in [-0.2, 0) is 6.61 Å². The number of ketones is 1. The third-order valence-corrected chi connectivity index (χ3v) is 3.09. The van der Waals surface area contributed by atoms with E-state index in [1.54, 1.807) is 30.3 Å². The van der Waals surface area contributed by atoms with E-state index in [9.17, 15) is 13.6 Å². The van der Waals surface area contributed by atoms with Gasteiger partial charge in [0.15, 0.2) is 5.78 Å². The number of para-hydroxylation sites is 1. The molecule has 0 aliphatic carbocycles. The van der Waals surface area contributed by atoms with Gasteiger partial charge in [-0.05, 0) is 37.6 Å². The van der Waals surface area contributed by atoms with Crippen LogP contribution >= 0.6 is 0 Å². The molecule has 0 aliphatic heterocycles. The summed E-state index contributed by atoms with van der Waals surface area (Å²) < 4.78 is 34.9. The fourth-order valence-electron chi connectivity index (χ4n) is 2.03. The lowest BCUT2D eigenvalue weighted by molar-refractivity contribution is -0.0508. The van der Waals surface area contributed by atoms with E-state index in [0.717, 1.165) is 5.56 Å². The number of rotatable bonds is 6. The molecule has 2 rings (SSSR count). The van der Waals surface area contributed by atoms with Gasteiger partial charge in [-0.1, -0.05) is 24.3 Å². The summed E-state index contributed by atoms with van der Waals surface area (Å²) in [7, 11) is 0. The molecular weight excluding hydrogens is 290 g/mol. The number of Topliss-reactive ketones (excluding diaryl/α,β-unsaturated/α-hetero) is 1. The van der Waals surface area contributed by atoms with E-state index in [2.05, 4.69) is 4.74 Å². The number of alkyl halides is 2. The molecule has 0 bridgehead atoms. The smallest absolute Gasteiger partial charge is 0.387 e. The molecule has 0 aromatic heterocycles. The summed E-state index contributed by atoms with van der Waals surface area (Å²) >= 11 is 0. The summed E-state index contributed by atoms with van der Waals surface area (Å²) in [6.45, 7) is 0.468. The van der Waals surface area contributed by atoms with Crippen molar-refractivity contribution in [2.24, 2.45) is 0 Å². The minimum atomic E-state index is -2.90. The minimum Gasteiger partial charge on any atom is -0.488 e. The summed E-state index contributed by atoms with van der Waals surface area (Å²) in [6.07, 6.45) is 0. The normalized spacial score (nSPS) is 10.6. The molecule has 0 unspecified atom stereocenters. The fourth-order valence-corrected chi connectivity index (χ4v) is 2.03. The monoisotopic (exact) mass is 306 g/mol. The van der Waals surface area contributed by atoms with Crippen molar-refractivity contribution in [3.8, 4) is 11.5 Å². The molecule has 0 radical (unpaired) electrons. The number of benzene rings is 2. The predicted octanol–water partition coefficient (Wildman–Crippen LogP) is 4.38. The second kappa shape index (κ2) is 7.02. The number of hydrogen-bond acceptors (Lipinski definition) is 3. The van der Waals surface area contributed by atoms with Crippen molar-refractivity contribution in [2.75, 3.05) is 0 Å². The Kier molecular flexibility index (Phi) is 5.09. The van der Waals surface area contributed by atoms with E-state index in [-0.39, 0.29) is 18.1 Å². The Labute approximate surface area is 127 Å². The zero-order valence-electron chi connectivity index (χ0n) is 12.3. The molecule has 0 saturated heterocycles. The number of carbonyl (C=O) groups excluding carboxylic acids is 1. The zero-order valence-corrected chi connectivity index (χ0v) is 12.3. The van der Waals surface area contributed by atoms with Crippen molar-refractivity contribution < 1.29 is 23.0 Å². The number of ether oxygens (including phenoxy) is 2. The zero-order chi connectivity index (χ0) is 16.1. The molecule has 0 heterocycles. The van der Waals surface area contributed by atoms with Crippen LogP contribution in [0.3, 0.4) is 0 Å². The van der Waals surface area contributed by atoms with Gasteiger partial charge in [-0.25, -0.2) is 0 Å². The van der Waals surface area contributed by atoms with E-state index in [1.807, 2.05) is 13.0 Å². The summed E-state index contributed by atoms with van der Waals surface area (Å²) in [5.74, 6) is 0.376. The number of hydrogen-bond donors (Lipinski definition) is 0. The first-order chi connectivity index (χ1) is 10.5. The Bertz CT molecular complexity index is 669. The molecule has 22 heavy (non-hydrogen) atoms. The molecule has 116 valence electrons. The van der Waals surface area contributed by atoms with Gasteiger partial charge in [-0.15, -0.1) is 0 Å². The average molecular weight is 306 g/mol. The maximum Gasteiger partial charge on any atom is 0.387 e. The van der Waals surface area contributed by atoms with Gasteiger partial charge < -0.3 is 9.47 Å². The highest BCUT2D eigenvalue weighted by Crippen LogP contribution is 2.25. The highest BCUT2D eigenvalue weighted by atomic mass is 19.3. The summed E-state index contributed by atoms with van der Waals surface area (Å²) in [4.78, 5) is 11.6. The molecule has 0 spiro atoms. The van der Waals surface area contributed by atoms with Crippen LogP contribution in [0.4, 0.5) is 8.78 Å². The summed E-state index contributed by atoms with van der Waals surface area (Å²) in [6, 6.07) is 11.7. The highest BCUT2D eigenvalue weighted by Gasteiger charge is 2.12. The van der Waals surface area contributed by atoms with Gasteiger partial charge in [-0.2, -0.15) is 8.78 Å². The van der Waals surface area contributed by atoms with E-state index >= 15 is 0 Å². The van der Waals surface area contributed by atoms with Gasteiger partial charge in [0, 0.05) is 5.56 Å². The SMILES string of the molecule is CC(=O)c1ccc(C)cc1OCc1ccccc1OC(F)F. The quantitative estimate of drug-likeness (QED) is 0.743. The molecule has 0 amide bonds. The Balaban J connectivity index is 2.20. The van der Waals surface area contributed by atoms with E-state index < -0.39 is 6.61 Å². The largest absolute Gasteiger partial charge is 0.488 e. The van der Waals surface area contributed by atoms with Crippen LogP contribution in [0.2, 0.25) is 0 Å². The van der Waals surface area contributed by atoms with Crippen molar-refractivity contribution >= 4 is 5.78 Å². The van der Waals surface area contributed by atoms with Gasteiger partial charge in [0.2, 0.25) is 0 Å². The molecule has 2 aromatic rings. The van der Waals surface area contributed by atoms with Gasteiger partial charge in [0.25, 0.3) is 0 Å². The molecular formula is C17H16F2O3. The Morgan fingerprint density at radius 3 is 2.55 bits per heavy atom. The fraction of sp³-hybridized carbons (Fsp3) is 0.235. The van der Waals surface area contributed by atoms with Gasteiger partial charge in [-0.3, -0.25) is 4.79 Å². The van der Waals surface area contributed by atoms with E-state index in [0.29, 0.717) is 16.9 Å². The first kappa shape index (κ1) is 15.9. The molecule has 3 nitrogen and oxygen atoms in total. The lowest BCUT2D eigenvalue weighted by Gasteiger charge is -2.13. The Hall–Kier alpha value is -2.43. The average Bonchev–Trinajstić information content (AvgIpc) is 2.45. The van der Waals surface area contributed by atoms with Gasteiger partial charge in [0.1, 0.15) is 18.1 Å². The first-order valence-corrected chi connectivity index (χ1v) is 6.74. The number of aryl methyl sites for hydroxylation is 1. The van der Waals surface area contributed by atoms with Gasteiger partial charge in [0.05, 0.1) is 5.56 Å². The third-order valence-electron chi connectivity index (χ3n) is 3.09. The van der Waals surface area contributed by atoms with Crippen LogP contribution in [0, 0.1) is 6.92 Å². The van der Waals surface area contributed by atoms with Crippen LogP contribution in [0.15, 0.2) is 42.5 Å². The summed E-state index contributed by atoms with van der Waals surface area (Å²) in [5, 5.41) is 0. The molecule has 0 N–H and O–H groups in total. The predicted molar refractivity (Wildman–Crippen MR) is 78.6 cm³/mol. The molecule has 0 saturated carbocycles. The summed E-state index contributed by atoms with van der Waals surface area (Å²) in [5.41, 5.74) is 1.88. The molecule has 2 aromatic carbocycles. The minimum absolute atomic E-state index is 0.0344. The first-order valence-electron chi connectivity index (χ1n) is 6.74. The van der Waals surface area contributed by atoms with E-state index in [1.165, 1.54) is 13.0 Å². The Morgan fingerprint density at radius 2 is 1.86 bits per heavy atom. The second-order valence-electron chi connectivity index (χ2n) is 4.83. The van der Waals surface area contributed by atoms with Crippen molar-refractivity contribution in [1.82, 2.24) is 0 Å². The highest BCUT2D eigenvalue weighted by molar-refractivity contribution is 5.96. The maximum atomic E-state index is 12.4. The van der Waals surface area contributed by atoms with Crippen molar-refractivity contribution in [2.45, 2.75) is 27.1 Å². The third kappa shape index (κ3) is 4.04. The van der Waals surface area contributed by atoms with Crippen LogP contribution < -0.4 is 9.47 Å². The lowest BCUT2D eigenvalue weighted by atomic mass is 10.1. The topological polar surface area (TPSA) is 35.5 Å². The van der Waals surface area contributed by atoms with Crippen LogP contribution in [0.1, 0.15) is 28.4 Å². The lowest BCUT2D eigenvalue weighted by Crippen LogP contribution is -2.07. The van der Waals surface area contributed by atoms with Crippen molar-refractivity contribution in [3.63, 3.8) is 0 Å². The molecule has 0 fully saturated rings. The van der Waals surface area contributed by atoms with Crippen LogP contribution in [0.5, 0.6) is 11.5 Å². The van der Waals surface area contributed by atoms with E-state index in [4.69, 9.17) is 4.74 Å².